The third-order valence-electron chi connectivity index (χ3n) is 9.95. The van der Waals surface area contributed by atoms with Gasteiger partial charge in [0.05, 0.1) is 17.9 Å². The summed E-state index contributed by atoms with van der Waals surface area (Å²) in [5, 5.41) is 8.93. The third kappa shape index (κ3) is 4.14. The van der Waals surface area contributed by atoms with Crippen molar-refractivity contribution in [2.75, 3.05) is 32.1 Å². The zero-order chi connectivity index (χ0) is 29.2. The summed E-state index contributed by atoms with van der Waals surface area (Å²) in [5.74, 6) is -0.645. The van der Waals surface area contributed by atoms with Crippen molar-refractivity contribution >= 4 is 40.1 Å². The molecule has 218 valence electrons. The number of hydrogen-bond donors (Lipinski definition) is 1. The highest BCUT2D eigenvalue weighted by Gasteiger charge is 2.48. The molecule has 3 aliphatic heterocycles. The van der Waals surface area contributed by atoms with Crippen molar-refractivity contribution in [3.63, 3.8) is 0 Å². The average Bonchev–Trinajstić information content (AvgIpc) is 3.53. The number of piperidine rings is 2. The number of nitrogens with zero attached hydrogens (tertiary/aromatic N) is 5. The fourth-order valence-corrected chi connectivity index (χ4v) is 7.34. The predicted octanol–water partition coefficient (Wildman–Crippen LogP) is 3.04. The Bertz CT molecular complexity index is 1610. The van der Waals surface area contributed by atoms with Crippen molar-refractivity contribution in [1.29, 1.82) is 0 Å². The molecule has 3 fully saturated rings. The van der Waals surface area contributed by atoms with E-state index in [4.69, 9.17) is 5.10 Å². The second-order valence-electron chi connectivity index (χ2n) is 12.4. The average molecular weight is 569 g/mol. The van der Waals surface area contributed by atoms with Gasteiger partial charge >= 0.3 is 0 Å². The van der Waals surface area contributed by atoms with Crippen LogP contribution in [0.2, 0.25) is 0 Å². The molecule has 4 amide bonds. The molecule has 1 unspecified atom stereocenters. The summed E-state index contributed by atoms with van der Waals surface area (Å²) >= 11 is 0. The summed E-state index contributed by atoms with van der Waals surface area (Å²) in [4.78, 5) is 56.8. The maximum atomic E-state index is 13.4. The lowest BCUT2D eigenvalue weighted by Crippen LogP contribution is -2.62. The fourth-order valence-electron chi connectivity index (χ4n) is 7.34. The quantitative estimate of drug-likeness (QED) is 0.458. The molecule has 2 saturated heterocycles. The largest absolute Gasteiger partial charge is 0.341 e. The highest BCUT2D eigenvalue weighted by atomic mass is 16.2. The van der Waals surface area contributed by atoms with E-state index in [-0.39, 0.29) is 35.7 Å². The molecule has 7 rings (SSSR count). The van der Waals surface area contributed by atoms with E-state index in [0.717, 1.165) is 72.8 Å². The van der Waals surface area contributed by atoms with Crippen molar-refractivity contribution in [1.82, 2.24) is 24.9 Å². The van der Waals surface area contributed by atoms with Crippen LogP contribution in [0.15, 0.2) is 42.7 Å². The van der Waals surface area contributed by atoms with Crippen molar-refractivity contribution < 1.29 is 19.2 Å². The molecule has 2 aromatic carbocycles. The number of nitrogens with one attached hydrogen (secondary N) is 1. The lowest BCUT2D eigenvalue weighted by atomic mass is 9.74. The predicted molar refractivity (Wildman–Crippen MR) is 157 cm³/mol. The van der Waals surface area contributed by atoms with Crippen LogP contribution in [0.3, 0.4) is 0 Å². The number of carbonyl (C=O) groups excluding carboxylic acids is 4. The first-order valence-electron chi connectivity index (χ1n) is 15.0. The Labute approximate surface area is 244 Å². The number of anilines is 1. The van der Waals surface area contributed by atoms with Crippen LogP contribution in [0.25, 0.3) is 10.8 Å². The first-order valence-corrected chi connectivity index (χ1v) is 15.0. The summed E-state index contributed by atoms with van der Waals surface area (Å²) in [5.41, 5.74) is 3.17. The van der Waals surface area contributed by atoms with E-state index in [1.54, 1.807) is 4.90 Å². The number of amides is 4. The lowest BCUT2D eigenvalue weighted by Gasteiger charge is -2.49. The van der Waals surface area contributed by atoms with Crippen molar-refractivity contribution in [2.45, 2.75) is 69.0 Å². The molecule has 0 radical (unpaired) electrons. The smallest absolute Gasteiger partial charge is 0.259 e. The Hall–Kier alpha value is -4.05. The molecule has 1 aliphatic carbocycles. The van der Waals surface area contributed by atoms with E-state index < -0.39 is 11.9 Å². The monoisotopic (exact) mass is 568 g/mol. The van der Waals surface area contributed by atoms with Gasteiger partial charge in [0.2, 0.25) is 17.7 Å². The number of likely N-dealkylation sites (N-methyl/N-ethyl adjacent to an activating group) is 1. The third-order valence-corrected chi connectivity index (χ3v) is 9.95. The van der Waals surface area contributed by atoms with Gasteiger partial charge in [0.15, 0.2) is 0 Å². The highest BCUT2D eigenvalue weighted by molar-refractivity contribution is 6.27. The van der Waals surface area contributed by atoms with Crippen LogP contribution >= 0.6 is 0 Å². The lowest BCUT2D eigenvalue weighted by molar-refractivity contribution is -0.150. The van der Waals surface area contributed by atoms with E-state index in [0.29, 0.717) is 18.4 Å². The number of hydrogen-bond acceptors (Lipinski definition) is 6. The van der Waals surface area contributed by atoms with Gasteiger partial charge in [-0.3, -0.25) is 39.0 Å². The van der Waals surface area contributed by atoms with E-state index in [2.05, 4.69) is 21.1 Å². The summed E-state index contributed by atoms with van der Waals surface area (Å²) in [6, 6.07) is 9.24. The molecule has 42 heavy (non-hydrogen) atoms. The number of imide groups is 1. The molecular formula is C32H36N6O4. The fraction of sp³-hybridized carbons (Fsp3) is 0.469. The zero-order valence-electron chi connectivity index (χ0n) is 24.1. The van der Waals surface area contributed by atoms with Crippen molar-refractivity contribution in [2.24, 2.45) is 0 Å². The molecule has 10 nitrogen and oxygen atoms in total. The Morgan fingerprint density at radius 1 is 1.07 bits per heavy atom. The number of aromatic nitrogens is 2. The van der Waals surface area contributed by atoms with Crippen LogP contribution in [-0.2, 0) is 20.8 Å². The van der Waals surface area contributed by atoms with Crippen LogP contribution in [0.1, 0.15) is 72.5 Å². The van der Waals surface area contributed by atoms with E-state index >= 15 is 0 Å². The molecule has 4 aliphatic rings. The second kappa shape index (κ2) is 10.0. The summed E-state index contributed by atoms with van der Waals surface area (Å²) in [7, 11) is 4.03. The Morgan fingerprint density at radius 2 is 1.86 bits per heavy atom. The minimum Gasteiger partial charge on any atom is -0.341 e. The number of carbonyl (C=O) groups is 4. The summed E-state index contributed by atoms with van der Waals surface area (Å²) < 4.78 is 2.05. The van der Waals surface area contributed by atoms with E-state index in [1.807, 2.05) is 55.5 Å². The Morgan fingerprint density at radius 3 is 2.55 bits per heavy atom. The molecule has 1 saturated carbocycles. The van der Waals surface area contributed by atoms with Crippen LogP contribution in [0.5, 0.6) is 0 Å². The summed E-state index contributed by atoms with van der Waals surface area (Å²) in [6.45, 7) is 1.50. The molecule has 10 heteroatoms. The Kier molecular flexibility index (Phi) is 6.42. The maximum Gasteiger partial charge on any atom is 0.259 e. The molecule has 1 aromatic heterocycles. The van der Waals surface area contributed by atoms with Gasteiger partial charge in [-0.1, -0.05) is 18.2 Å². The molecule has 4 heterocycles. The van der Waals surface area contributed by atoms with Crippen LogP contribution < -0.4 is 10.2 Å². The van der Waals surface area contributed by atoms with Gasteiger partial charge in [0.25, 0.3) is 5.91 Å². The van der Waals surface area contributed by atoms with Gasteiger partial charge in [-0.25, -0.2) is 0 Å². The molecule has 1 N–H and O–H groups in total. The molecule has 0 spiro atoms. The topological polar surface area (TPSA) is 108 Å². The van der Waals surface area contributed by atoms with Crippen LogP contribution in [-0.4, -0.2) is 82.0 Å². The van der Waals surface area contributed by atoms with Gasteiger partial charge in [-0.15, -0.1) is 0 Å². The van der Waals surface area contributed by atoms with E-state index in [9.17, 15) is 19.2 Å². The van der Waals surface area contributed by atoms with Crippen LogP contribution in [0.4, 0.5) is 5.69 Å². The second-order valence-corrected chi connectivity index (χ2v) is 12.4. The van der Waals surface area contributed by atoms with Gasteiger partial charge in [-0.05, 0) is 81.3 Å². The van der Waals surface area contributed by atoms with Gasteiger partial charge in [0.1, 0.15) is 11.6 Å². The molecule has 0 bridgehead atoms. The van der Waals surface area contributed by atoms with Gasteiger partial charge < -0.3 is 4.90 Å². The zero-order valence-corrected chi connectivity index (χ0v) is 24.1. The molecule has 3 aromatic rings. The maximum absolute atomic E-state index is 13.4. The SMILES string of the molecule is CN(C)C1(C(=O)N2CCC(n3cc(Cc4ccc5c6c(cccc46)C(=O)N5C4CCC(=O)NC4=O)cn3)CC2)CCC1. The standard InChI is InChI=1S/C32H36N6O4/c1-35(2)32(13-4-14-32)31(42)36-15-11-22(12-16-36)37-19-20(18-33-37)17-21-7-8-25-28-23(21)5-3-6-24(28)30(41)38(25)26-9-10-27(39)34-29(26)40/h3,5-8,18-19,22,26H,4,9-17H2,1-2H3,(H,34,39,40). The minimum atomic E-state index is -0.696. The number of likely N-dealkylation sites (tertiary alicyclic amines) is 1. The minimum absolute atomic E-state index is 0.200. The first-order chi connectivity index (χ1) is 20.3. The van der Waals surface area contributed by atoms with Gasteiger partial charge in [-0.2, -0.15) is 5.10 Å². The Balaban J connectivity index is 1.07. The first kappa shape index (κ1) is 26.8. The molecule has 1 atom stereocenters. The van der Waals surface area contributed by atoms with Crippen molar-refractivity contribution in [3.05, 3.63) is 59.4 Å². The van der Waals surface area contributed by atoms with Gasteiger partial charge in [0, 0.05) is 43.1 Å². The number of rotatable bonds is 6. The number of benzene rings is 2. The van der Waals surface area contributed by atoms with Crippen molar-refractivity contribution in [3.8, 4) is 0 Å². The van der Waals surface area contributed by atoms with Crippen LogP contribution in [0, 0.1) is 0 Å². The summed E-state index contributed by atoms with van der Waals surface area (Å²) in [6.07, 6.45) is 9.99. The normalized spacial score (nSPS) is 22.2. The highest BCUT2D eigenvalue weighted by Crippen LogP contribution is 2.42. The molecular weight excluding hydrogens is 532 g/mol. The van der Waals surface area contributed by atoms with E-state index in [1.165, 1.54) is 0 Å².